The van der Waals surface area contributed by atoms with Crippen molar-refractivity contribution in [3.8, 4) is 5.88 Å². The molecule has 0 aliphatic heterocycles. The number of hydrogen-bond acceptors (Lipinski definition) is 4. The zero-order valence-corrected chi connectivity index (χ0v) is 11.1. The Kier molecular flexibility index (Phi) is 4.96. The fourth-order valence-corrected chi connectivity index (χ4v) is 2.80. The molecular weight excluding hydrogens is 226 g/mol. The molecule has 4 heteroatoms. The van der Waals surface area contributed by atoms with Crippen LogP contribution in [0.5, 0.6) is 5.88 Å². The molecule has 100 valence electrons. The highest BCUT2D eigenvalue weighted by molar-refractivity contribution is 5.18. The number of nitrogens with zero attached hydrogens (tertiary/aromatic N) is 1. The van der Waals surface area contributed by atoms with Gasteiger partial charge in [-0.25, -0.2) is 4.98 Å². The lowest BCUT2D eigenvalue weighted by Crippen LogP contribution is -2.43. The Hall–Kier alpha value is -1.13. The van der Waals surface area contributed by atoms with E-state index in [-0.39, 0.29) is 0 Å². The Balaban J connectivity index is 1.95. The van der Waals surface area contributed by atoms with Gasteiger partial charge in [-0.15, -0.1) is 0 Å². The molecule has 1 aliphatic rings. The van der Waals surface area contributed by atoms with E-state index in [9.17, 15) is 0 Å². The third-order valence-electron chi connectivity index (χ3n) is 3.90. The molecule has 1 heterocycles. The second kappa shape index (κ2) is 6.71. The van der Waals surface area contributed by atoms with Crippen molar-refractivity contribution in [1.29, 1.82) is 0 Å². The summed E-state index contributed by atoms with van der Waals surface area (Å²) in [7, 11) is 1.63. The number of nitrogens with one attached hydrogen (secondary N) is 1. The zero-order chi connectivity index (χ0) is 12.8. The zero-order valence-electron chi connectivity index (χ0n) is 11.1. The Labute approximate surface area is 109 Å². The van der Waals surface area contributed by atoms with Crippen molar-refractivity contribution in [2.24, 2.45) is 11.8 Å². The van der Waals surface area contributed by atoms with Crippen LogP contribution >= 0.6 is 0 Å². The lowest BCUT2D eigenvalue weighted by atomic mass is 9.82. The summed E-state index contributed by atoms with van der Waals surface area (Å²) in [6.45, 7) is 0. The van der Waals surface area contributed by atoms with Crippen LogP contribution in [0.3, 0.4) is 0 Å². The van der Waals surface area contributed by atoms with Crippen LogP contribution in [0, 0.1) is 5.92 Å². The number of methoxy groups -OCH3 is 1. The second-order valence-electron chi connectivity index (χ2n) is 5.08. The van der Waals surface area contributed by atoms with Gasteiger partial charge in [-0.1, -0.05) is 25.3 Å². The molecule has 0 aromatic carbocycles. The maximum Gasteiger partial charge on any atom is 0.212 e. The molecule has 0 saturated heterocycles. The van der Waals surface area contributed by atoms with Crippen molar-refractivity contribution in [2.75, 3.05) is 7.11 Å². The first-order chi connectivity index (χ1) is 8.83. The number of aromatic nitrogens is 1. The van der Waals surface area contributed by atoms with Gasteiger partial charge in [-0.05, 0) is 30.7 Å². The summed E-state index contributed by atoms with van der Waals surface area (Å²) < 4.78 is 5.07. The van der Waals surface area contributed by atoms with Crippen molar-refractivity contribution < 1.29 is 4.74 Å². The van der Waals surface area contributed by atoms with Crippen molar-refractivity contribution in [2.45, 2.75) is 44.6 Å². The van der Waals surface area contributed by atoms with Gasteiger partial charge in [0.25, 0.3) is 0 Å². The number of ether oxygens (including phenoxy) is 1. The van der Waals surface area contributed by atoms with E-state index in [1.165, 1.54) is 37.7 Å². The van der Waals surface area contributed by atoms with Crippen LogP contribution in [0.1, 0.15) is 37.7 Å². The Bertz CT molecular complexity index is 347. The number of nitrogens with two attached hydrogens (primary N) is 1. The Morgan fingerprint density at radius 1 is 1.39 bits per heavy atom. The van der Waals surface area contributed by atoms with E-state index in [0.717, 1.165) is 6.42 Å². The Morgan fingerprint density at radius 3 is 2.72 bits per heavy atom. The maximum absolute atomic E-state index is 5.71. The van der Waals surface area contributed by atoms with Crippen LogP contribution in [-0.2, 0) is 6.42 Å². The van der Waals surface area contributed by atoms with E-state index in [0.29, 0.717) is 17.8 Å². The van der Waals surface area contributed by atoms with E-state index < -0.39 is 0 Å². The van der Waals surface area contributed by atoms with Crippen molar-refractivity contribution in [3.63, 3.8) is 0 Å². The minimum Gasteiger partial charge on any atom is -0.481 e. The van der Waals surface area contributed by atoms with Crippen molar-refractivity contribution in [1.82, 2.24) is 10.4 Å². The normalized spacial score (nSPS) is 18.6. The Morgan fingerprint density at radius 2 is 2.17 bits per heavy atom. The van der Waals surface area contributed by atoms with Crippen LogP contribution in [-0.4, -0.2) is 18.1 Å². The lowest BCUT2D eigenvalue weighted by Gasteiger charge is -2.29. The molecule has 1 aromatic rings. The van der Waals surface area contributed by atoms with Gasteiger partial charge < -0.3 is 4.74 Å². The van der Waals surface area contributed by atoms with Crippen LogP contribution in [0.25, 0.3) is 0 Å². The summed E-state index contributed by atoms with van der Waals surface area (Å²) in [5.41, 5.74) is 4.20. The van der Waals surface area contributed by atoms with E-state index in [1.54, 1.807) is 7.11 Å². The van der Waals surface area contributed by atoms with Crippen molar-refractivity contribution >= 4 is 0 Å². The van der Waals surface area contributed by atoms with E-state index in [4.69, 9.17) is 10.6 Å². The number of hydrazine groups is 1. The molecule has 0 radical (unpaired) electrons. The highest BCUT2D eigenvalue weighted by Gasteiger charge is 2.22. The maximum atomic E-state index is 5.71. The third kappa shape index (κ3) is 3.43. The molecule has 18 heavy (non-hydrogen) atoms. The number of hydrogen-bond donors (Lipinski definition) is 2. The minimum atomic E-state index is 0.362. The molecule has 0 amide bonds. The molecule has 0 spiro atoms. The average molecular weight is 249 g/mol. The summed E-state index contributed by atoms with van der Waals surface area (Å²) in [4.78, 5) is 4.24. The highest BCUT2D eigenvalue weighted by Crippen LogP contribution is 2.27. The van der Waals surface area contributed by atoms with E-state index >= 15 is 0 Å². The van der Waals surface area contributed by atoms with Gasteiger partial charge in [0.2, 0.25) is 5.88 Å². The lowest BCUT2D eigenvalue weighted by molar-refractivity contribution is 0.268. The van der Waals surface area contributed by atoms with Gasteiger partial charge in [0.15, 0.2) is 0 Å². The summed E-state index contributed by atoms with van der Waals surface area (Å²) >= 11 is 0. The molecule has 0 bridgehead atoms. The van der Waals surface area contributed by atoms with E-state index in [1.807, 2.05) is 12.3 Å². The predicted molar refractivity (Wildman–Crippen MR) is 72.2 cm³/mol. The van der Waals surface area contributed by atoms with Crippen LogP contribution in [0.2, 0.25) is 0 Å². The topological polar surface area (TPSA) is 60.2 Å². The van der Waals surface area contributed by atoms with E-state index in [2.05, 4.69) is 16.5 Å². The third-order valence-corrected chi connectivity index (χ3v) is 3.90. The quantitative estimate of drug-likeness (QED) is 0.619. The molecule has 1 unspecified atom stereocenters. The molecule has 1 atom stereocenters. The molecular formula is C14H23N3O. The molecule has 1 saturated carbocycles. The van der Waals surface area contributed by atoms with Gasteiger partial charge in [0.1, 0.15) is 0 Å². The predicted octanol–water partition coefficient (Wildman–Crippen LogP) is 2.04. The fourth-order valence-electron chi connectivity index (χ4n) is 2.80. The van der Waals surface area contributed by atoms with Crippen LogP contribution in [0.4, 0.5) is 0 Å². The summed E-state index contributed by atoms with van der Waals surface area (Å²) in [5.74, 6) is 7.07. The first-order valence-corrected chi connectivity index (χ1v) is 6.78. The molecule has 4 nitrogen and oxygen atoms in total. The highest BCUT2D eigenvalue weighted by atomic mass is 16.5. The summed E-state index contributed by atoms with van der Waals surface area (Å²) in [6, 6.07) is 4.34. The van der Waals surface area contributed by atoms with Gasteiger partial charge in [0, 0.05) is 18.3 Å². The molecule has 2 rings (SSSR count). The first-order valence-electron chi connectivity index (χ1n) is 6.78. The number of pyridine rings is 1. The first kappa shape index (κ1) is 13.3. The van der Waals surface area contributed by atoms with Crippen LogP contribution in [0.15, 0.2) is 18.3 Å². The van der Waals surface area contributed by atoms with Crippen LogP contribution < -0.4 is 16.0 Å². The standard InChI is InChI=1S/C14H23N3O/c1-18-14-8-7-11(10-16-14)9-13(17-15)12-5-3-2-4-6-12/h7-8,10,12-13,17H,2-6,9,15H2,1H3. The largest absolute Gasteiger partial charge is 0.481 e. The average Bonchev–Trinajstić information content (AvgIpc) is 2.46. The smallest absolute Gasteiger partial charge is 0.212 e. The minimum absolute atomic E-state index is 0.362. The van der Waals surface area contributed by atoms with Gasteiger partial charge in [-0.2, -0.15) is 0 Å². The van der Waals surface area contributed by atoms with Crippen molar-refractivity contribution in [3.05, 3.63) is 23.9 Å². The fraction of sp³-hybridized carbons (Fsp3) is 0.643. The van der Waals surface area contributed by atoms with Gasteiger partial charge in [0.05, 0.1) is 7.11 Å². The van der Waals surface area contributed by atoms with Gasteiger partial charge in [-0.3, -0.25) is 11.3 Å². The molecule has 1 fully saturated rings. The molecule has 1 aliphatic carbocycles. The monoisotopic (exact) mass is 249 g/mol. The van der Waals surface area contributed by atoms with Gasteiger partial charge >= 0.3 is 0 Å². The SMILES string of the molecule is COc1ccc(CC(NN)C2CCCCC2)cn1. The second-order valence-corrected chi connectivity index (χ2v) is 5.08. The summed E-state index contributed by atoms with van der Waals surface area (Å²) in [5, 5.41) is 0. The number of rotatable bonds is 5. The summed E-state index contributed by atoms with van der Waals surface area (Å²) in [6.07, 6.45) is 9.45. The molecule has 1 aromatic heterocycles. The molecule has 3 N–H and O–H groups in total.